The molecule has 0 saturated carbocycles. The average molecular weight is 489 g/mol. The fourth-order valence-electron chi connectivity index (χ4n) is 2.64. The maximum absolute atomic E-state index is 14.7. The van der Waals surface area contributed by atoms with Crippen molar-refractivity contribution in [3.8, 4) is 0 Å². The first-order valence-corrected chi connectivity index (χ1v) is 11.5. The quantitative estimate of drug-likeness (QED) is 0.150. The first-order valence-electron chi connectivity index (χ1n) is 11.5. The maximum Gasteiger partial charge on any atom is 0.201 e. The SMILES string of the molecule is C=C(/C=C\C(=C)C(=C)/C(F)=C(/F)C(=C)O/C=C\C)C(=C)/C=C(/F)C(=C)C(C)CCC(C)OCCC. The van der Waals surface area contributed by atoms with Gasteiger partial charge in [0, 0.05) is 12.2 Å². The van der Waals surface area contributed by atoms with Gasteiger partial charge in [-0.1, -0.05) is 71.5 Å². The molecule has 0 aromatic heterocycles. The van der Waals surface area contributed by atoms with E-state index < -0.39 is 23.2 Å². The highest BCUT2D eigenvalue weighted by Gasteiger charge is 2.16. The molecule has 0 heterocycles. The van der Waals surface area contributed by atoms with Gasteiger partial charge in [0.25, 0.3) is 0 Å². The van der Waals surface area contributed by atoms with Crippen molar-refractivity contribution in [2.24, 2.45) is 5.92 Å². The molecule has 35 heavy (non-hydrogen) atoms. The lowest BCUT2D eigenvalue weighted by molar-refractivity contribution is 0.0575. The van der Waals surface area contributed by atoms with E-state index in [0.717, 1.165) is 19.3 Å². The summed E-state index contributed by atoms with van der Waals surface area (Å²) in [6, 6.07) is 0. The fourth-order valence-corrected chi connectivity index (χ4v) is 2.64. The predicted molar refractivity (Wildman–Crippen MR) is 142 cm³/mol. The molecular formula is C30H39F3O2. The Labute approximate surface area is 209 Å². The van der Waals surface area contributed by atoms with Gasteiger partial charge in [0.05, 0.1) is 12.4 Å². The molecule has 0 rings (SSSR count). The van der Waals surface area contributed by atoms with Crippen molar-refractivity contribution in [1.82, 2.24) is 0 Å². The number of allylic oxidation sites excluding steroid dienone is 12. The van der Waals surface area contributed by atoms with Crippen molar-refractivity contribution in [2.75, 3.05) is 6.61 Å². The lowest BCUT2D eigenvalue weighted by Gasteiger charge is -2.17. The van der Waals surface area contributed by atoms with E-state index in [0.29, 0.717) is 23.3 Å². The van der Waals surface area contributed by atoms with Crippen LogP contribution >= 0.6 is 0 Å². The van der Waals surface area contributed by atoms with Gasteiger partial charge in [-0.05, 0) is 67.4 Å². The maximum atomic E-state index is 14.7. The minimum atomic E-state index is -1.28. The van der Waals surface area contributed by atoms with Crippen LogP contribution < -0.4 is 0 Å². The van der Waals surface area contributed by atoms with Crippen molar-refractivity contribution in [3.63, 3.8) is 0 Å². The monoisotopic (exact) mass is 488 g/mol. The third-order valence-corrected chi connectivity index (χ3v) is 5.15. The Bertz CT molecular complexity index is 945. The molecule has 5 heteroatoms. The summed E-state index contributed by atoms with van der Waals surface area (Å²) in [7, 11) is 0. The Kier molecular flexibility index (Phi) is 15.1. The Hall–Kier alpha value is -3.05. The second-order valence-corrected chi connectivity index (χ2v) is 8.20. The predicted octanol–water partition coefficient (Wildman–Crippen LogP) is 9.62. The molecule has 0 fully saturated rings. The number of hydrogen-bond donors (Lipinski definition) is 0. The lowest BCUT2D eigenvalue weighted by Crippen LogP contribution is -2.11. The van der Waals surface area contributed by atoms with Gasteiger partial charge in [-0.2, -0.15) is 4.39 Å². The number of ether oxygens (including phenoxy) is 2. The highest BCUT2D eigenvalue weighted by Crippen LogP contribution is 2.28. The van der Waals surface area contributed by atoms with Crippen molar-refractivity contribution in [1.29, 1.82) is 0 Å². The largest absolute Gasteiger partial charge is 0.463 e. The molecule has 0 amide bonds. The highest BCUT2D eigenvalue weighted by molar-refractivity contribution is 5.52. The summed E-state index contributed by atoms with van der Waals surface area (Å²) in [6.07, 6.45) is 9.38. The molecule has 0 aliphatic heterocycles. The molecular weight excluding hydrogens is 449 g/mol. The summed E-state index contributed by atoms with van der Waals surface area (Å²) < 4.78 is 53.7. The summed E-state index contributed by atoms with van der Waals surface area (Å²) in [5.41, 5.74) is 0.838. The Balaban J connectivity index is 5.08. The van der Waals surface area contributed by atoms with Gasteiger partial charge >= 0.3 is 0 Å². The van der Waals surface area contributed by atoms with Crippen LogP contribution in [0.2, 0.25) is 0 Å². The van der Waals surface area contributed by atoms with Crippen LogP contribution in [0.25, 0.3) is 0 Å². The van der Waals surface area contributed by atoms with Crippen LogP contribution in [0, 0.1) is 5.92 Å². The Morgan fingerprint density at radius 1 is 0.857 bits per heavy atom. The zero-order valence-corrected chi connectivity index (χ0v) is 21.6. The molecule has 0 aliphatic carbocycles. The van der Waals surface area contributed by atoms with Gasteiger partial charge in [-0.25, -0.2) is 8.78 Å². The third kappa shape index (κ3) is 11.8. The zero-order chi connectivity index (χ0) is 27.1. The summed E-state index contributed by atoms with van der Waals surface area (Å²) in [5, 5.41) is 0. The first-order chi connectivity index (χ1) is 16.4. The van der Waals surface area contributed by atoms with Crippen LogP contribution in [0.4, 0.5) is 13.2 Å². The summed E-state index contributed by atoms with van der Waals surface area (Å²) in [6.45, 7) is 30.4. The van der Waals surface area contributed by atoms with Crippen LogP contribution in [0.1, 0.15) is 47.0 Å². The molecule has 2 nitrogen and oxygen atoms in total. The zero-order valence-electron chi connectivity index (χ0n) is 21.6. The van der Waals surface area contributed by atoms with Gasteiger partial charge in [0.1, 0.15) is 5.83 Å². The molecule has 0 saturated heterocycles. The number of halogens is 3. The molecule has 0 aromatic rings. The van der Waals surface area contributed by atoms with Crippen LogP contribution in [0.3, 0.4) is 0 Å². The van der Waals surface area contributed by atoms with E-state index in [9.17, 15) is 13.2 Å². The van der Waals surface area contributed by atoms with Gasteiger partial charge in [0.2, 0.25) is 5.83 Å². The Morgan fingerprint density at radius 3 is 2.03 bits per heavy atom. The molecule has 2 unspecified atom stereocenters. The Morgan fingerprint density at radius 2 is 1.46 bits per heavy atom. The van der Waals surface area contributed by atoms with E-state index in [1.54, 1.807) is 6.92 Å². The van der Waals surface area contributed by atoms with Crippen LogP contribution in [-0.4, -0.2) is 12.7 Å². The molecule has 0 bridgehead atoms. The van der Waals surface area contributed by atoms with E-state index in [-0.39, 0.29) is 23.2 Å². The minimum absolute atomic E-state index is 0.0742. The molecule has 0 N–H and O–H groups in total. The first kappa shape index (κ1) is 31.9. The van der Waals surface area contributed by atoms with Crippen molar-refractivity contribution in [2.45, 2.75) is 53.1 Å². The van der Waals surface area contributed by atoms with Crippen LogP contribution in [0.5, 0.6) is 0 Å². The van der Waals surface area contributed by atoms with Crippen molar-refractivity contribution >= 4 is 0 Å². The average Bonchev–Trinajstić information content (AvgIpc) is 2.85. The fraction of sp³-hybridized carbons (Fsp3) is 0.333. The second kappa shape index (κ2) is 16.6. The minimum Gasteiger partial charge on any atom is -0.463 e. The standard InChI is InChI=1S/C30H39F3O2/c1-11-17-34-24(7)16-15-21(4)25(8)28(31)19-23(6)20(3)13-14-22(5)26(9)29(32)30(33)27(10)35-18-12-2/h12-14,18-19,21,24H,3,5-6,8-11,15-17H2,1-2,4,7H3/b14-13-,18-12-,28-19+,30-29-. The van der Waals surface area contributed by atoms with Crippen LogP contribution in [-0.2, 0) is 9.47 Å². The lowest BCUT2D eigenvalue weighted by atomic mass is 9.94. The molecule has 2 atom stereocenters. The van der Waals surface area contributed by atoms with Gasteiger partial charge in [-0.3, -0.25) is 0 Å². The molecule has 192 valence electrons. The van der Waals surface area contributed by atoms with E-state index in [1.165, 1.54) is 30.6 Å². The summed E-state index contributed by atoms with van der Waals surface area (Å²) in [4.78, 5) is 0. The molecule has 0 radical (unpaired) electrons. The van der Waals surface area contributed by atoms with Crippen molar-refractivity contribution < 1.29 is 22.6 Å². The number of hydrogen-bond acceptors (Lipinski definition) is 2. The van der Waals surface area contributed by atoms with Gasteiger partial charge < -0.3 is 9.47 Å². The normalized spacial score (nSPS) is 14.4. The number of rotatable bonds is 17. The topological polar surface area (TPSA) is 18.5 Å². The van der Waals surface area contributed by atoms with E-state index in [1.807, 2.05) is 13.8 Å². The molecule has 0 aromatic carbocycles. The summed E-state index contributed by atoms with van der Waals surface area (Å²) in [5.74, 6) is -3.58. The van der Waals surface area contributed by atoms with E-state index in [2.05, 4.69) is 46.4 Å². The third-order valence-electron chi connectivity index (χ3n) is 5.15. The second-order valence-electron chi connectivity index (χ2n) is 8.20. The highest BCUT2D eigenvalue weighted by atomic mass is 19.2. The van der Waals surface area contributed by atoms with Crippen LogP contribution in [0.15, 0.2) is 121 Å². The smallest absolute Gasteiger partial charge is 0.201 e. The van der Waals surface area contributed by atoms with E-state index in [4.69, 9.17) is 9.47 Å². The molecule has 0 aliphatic rings. The summed E-state index contributed by atoms with van der Waals surface area (Å²) >= 11 is 0. The van der Waals surface area contributed by atoms with Crippen molar-refractivity contribution in [3.05, 3.63) is 121 Å². The van der Waals surface area contributed by atoms with E-state index >= 15 is 0 Å². The van der Waals surface area contributed by atoms with Gasteiger partial charge in [0.15, 0.2) is 11.6 Å². The molecule has 0 spiro atoms. The van der Waals surface area contributed by atoms with Gasteiger partial charge in [-0.15, -0.1) is 0 Å².